The number of hydrogen-bond donors (Lipinski definition) is 1. The zero-order chi connectivity index (χ0) is 16.4. The highest BCUT2D eigenvalue weighted by atomic mass is 16.5. The number of amides is 1. The van der Waals surface area contributed by atoms with Crippen molar-refractivity contribution in [2.75, 3.05) is 19.8 Å². The summed E-state index contributed by atoms with van der Waals surface area (Å²) >= 11 is 0. The standard InChI is InChI=1S/C19H23NO4/c21-19(20-11-14-4-3-9-22-14)12-23-13-7-8-18-16(10-13)15-5-1-2-6-17(15)24-18/h7-8,10,14H,1-6,9,11-12H2,(H,20,21). The zero-order valence-electron chi connectivity index (χ0n) is 13.8. The number of hydrogen-bond acceptors (Lipinski definition) is 4. The minimum absolute atomic E-state index is 0.0261. The van der Waals surface area contributed by atoms with Gasteiger partial charge >= 0.3 is 0 Å². The Labute approximate surface area is 141 Å². The molecule has 1 N–H and O–H groups in total. The first kappa shape index (κ1) is 15.5. The molecule has 24 heavy (non-hydrogen) atoms. The Balaban J connectivity index is 1.36. The molecule has 1 atom stereocenters. The number of benzene rings is 1. The Morgan fingerprint density at radius 3 is 3.04 bits per heavy atom. The van der Waals surface area contributed by atoms with Crippen LogP contribution in [-0.2, 0) is 22.4 Å². The second kappa shape index (κ2) is 6.85. The molecule has 1 aromatic carbocycles. The predicted molar refractivity (Wildman–Crippen MR) is 90.3 cm³/mol. The van der Waals surface area contributed by atoms with Gasteiger partial charge < -0.3 is 19.2 Å². The van der Waals surface area contributed by atoms with Gasteiger partial charge in [0.1, 0.15) is 17.1 Å². The third-order valence-electron chi connectivity index (χ3n) is 4.85. The molecule has 2 aromatic rings. The minimum Gasteiger partial charge on any atom is -0.484 e. The van der Waals surface area contributed by atoms with Gasteiger partial charge in [-0.3, -0.25) is 4.79 Å². The molecule has 0 radical (unpaired) electrons. The average Bonchev–Trinajstić information content (AvgIpc) is 3.25. The van der Waals surface area contributed by atoms with Crippen molar-refractivity contribution in [2.24, 2.45) is 0 Å². The Morgan fingerprint density at radius 1 is 1.25 bits per heavy atom. The summed E-state index contributed by atoms with van der Waals surface area (Å²) in [6.07, 6.45) is 6.73. The first-order valence-corrected chi connectivity index (χ1v) is 8.85. The topological polar surface area (TPSA) is 60.7 Å². The van der Waals surface area contributed by atoms with Gasteiger partial charge in [0, 0.05) is 30.5 Å². The molecule has 4 rings (SSSR count). The van der Waals surface area contributed by atoms with E-state index < -0.39 is 0 Å². The van der Waals surface area contributed by atoms with Crippen LogP contribution < -0.4 is 10.1 Å². The predicted octanol–water partition coefficient (Wildman–Crippen LogP) is 2.99. The number of furan rings is 1. The monoisotopic (exact) mass is 329 g/mol. The van der Waals surface area contributed by atoms with Gasteiger partial charge in [-0.2, -0.15) is 0 Å². The van der Waals surface area contributed by atoms with Crippen LogP contribution in [0.3, 0.4) is 0 Å². The zero-order valence-corrected chi connectivity index (χ0v) is 13.8. The fourth-order valence-electron chi connectivity index (χ4n) is 3.56. The number of fused-ring (bicyclic) bond motifs is 3. The lowest BCUT2D eigenvalue weighted by Gasteiger charge is -2.11. The Morgan fingerprint density at radius 2 is 2.17 bits per heavy atom. The van der Waals surface area contributed by atoms with E-state index in [0.717, 1.165) is 49.0 Å². The molecule has 1 amide bonds. The van der Waals surface area contributed by atoms with Crippen molar-refractivity contribution in [2.45, 2.75) is 44.6 Å². The van der Waals surface area contributed by atoms with E-state index in [1.807, 2.05) is 18.2 Å². The highest BCUT2D eigenvalue weighted by Crippen LogP contribution is 2.33. The summed E-state index contributed by atoms with van der Waals surface area (Å²) in [4.78, 5) is 11.9. The number of nitrogens with one attached hydrogen (secondary N) is 1. The SMILES string of the molecule is O=C(COc1ccc2oc3c(c2c1)CCCC3)NCC1CCCO1. The number of aryl methyl sites for hydroxylation is 2. The molecule has 2 heterocycles. The van der Waals surface area contributed by atoms with Gasteiger partial charge in [0.05, 0.1) is 6.10 Å². The molecule has 5 nitrogen and oxygen atoms in total. The number of carbonyl (C=O) groups excluding carboxylic acids is 1. The minimum atomic E-state index is -0.111. The van der Waals surface area contributed by atoms with Crippen molar-refractivity contribution in [3.05, 3.63) is 29.5 Å². The summed E-state index contributed by atoms with van der Waals surface area (Å²) in [6, 6.07) is 5.80. The molecule has 5 heteroatoms. The second-order valence-electron chi connectivity index (χ2n) is 6.60. The van der Waals surface area contributed by atoms with Crippen LogP contribution in [0.2, 0.25) is 0 Å². The maximum Gasteiger partial charge on any atom is 0.258 e. The van der Waals surface area contributed by atoms with E-state index in [-0.39, 0.29) is 18.6 Å². The third-order valence-corrected chi connectivity index (χ3v) is 4.85. The first-order valence-electron chi connectivity index (χ1n) is 8.85. The van der Waals surface area contributed by atoms with E-state index in [2.05, 4.69) is 5.32 Å². The molecule has 1 aliphatic carbocycles. The molecule has 1 unspecified atom stereocenters. The quantitative estimate of drug-likeness (QED) is 0.916. The fourth-order valence-corrected chi connectivity index (χ4v) is 3.56. The molecular formula is C19H23NO4. The molecule has 1 saturated heterocycles. The molecule has 1 aliphatic heterocycles. The van der Waals surface area contributed by atoms with Crippen LogP contribution in [0.1, 0.15) is 37.0 Å². The van der Waals surface area contributed by atoms with E-state index in [4.69, 9.17) is 13.9 Å². The molecule has 2 aliphatic rings. The van der Waals surface area contributed by atoms with Gasteiger partial charge in [0.25, 0.3) is 5.91 Å². The first-order chi connectivity index (χ1) is 11.8. The van der Waals surface area contributed by atoms with Crippen LogP contribution >= 0.6 is 0 Å². The molecule has 0 saturated carbocycles. The van der Waals surface area contributed by atoms with E-state index >= 15 is 0 Å². The normalized spacial score (nSPS) is 20.1. The van der Waals surface area contributed by atoms with Crippen molar-refractivity contribution < 1.29 is 18.7 Å². The Kier molecular flexibility index (Phi) is 4.43. The van der Waals surface area contributed by atoms with E-state index in [9.17, 15) is 4.79 Å². The molecule has 0 spiro atoms. The Hall–Kier alpha value is -2.01. The summed E-state index contributed by atoms with van der Waals surface area (Å²) in [5.41, 5.74) is 2.22. The number of ether oxygens (including phenoxy) is 2. The summed E-state index contributed by atoms with van der Waals surface area (Å²) in [7, 11) is 0. The van der Waals surface area contributed by atoms with E-state index in [0.29, 0.717) is 12.3 Å². The summed E-state index contributed by atoms with van der Waals surface area (Å²) in [6.45, 7) is 1.39. The van der Waals surface area contributed by atoms with Crippen molar-refractivity contribution in [3.63, 3.8) is 0 Å². The summed E-state index contributed by atoms with van der Waals surface area (Å²) in [5, 5.41) is 4.00. The lowest BCUT2D eigenvalue weighted by molar-refractivity contribution is -0.123. The van der Waals surface area contributed by atoms with E-state index in [1.54, 1.807) is 0 Å². The molecule has 0 bridgehead atoms. The molecular weight excluding hydrogens is 306 g/mol. The summed E-state index contributed by atoms with van der Waals surface area (Å²) < 4.78 is 17.1. The molecule has 1 aromatic heterocycles. The summed E-state index contributed by atoms with van der Waals surface area (Å²) in [5.74, 6) is 1.71. The van der Waals surface area contributed by atoms with E-state index in [1.165, 1.54) is 18.4 Å². The van der Waals surface area contributed by atoms with Gasteiger partial charge in [-0.15, -0.1) is 0 Å². The van der Waals surface area contributed by atoms with Gasteiger partial charge in [0.15, 0.2) is 6.61 Å². The van der Waals surface area contributed by atoms with Crippen molar-refractivity contribution >= 4 is 16.9 Å². The van der Waals surface area contributed by atoms with Gasteiger partial charge in [-0.05, 0) is 50.3 Å². The van der Waals surface area contributed by atoms with Crippen LogP contribution in [0.5, 0.6) is 5.75 Å². The van der Waals surface area contributed by atoms with Crippen molar-refractivity contribution in [3.8, 4) is 5.75 Å². The highest BCUT2D eigenvalue weighted by Gasteiger charge is 2.19. The van der Waals surface area contributed by atoms with Gasteiger partial charge in [0.2, 0.25) is 0 Å². The number of carbonyl (C=O) groups is 1. The molecule has 1 fully saturated rings. The van der Waals surface area contributed by atoms with Gasteiger partial charge in [-0.25, -0.2) is 0 Å². The largest absolute Gasteiger partial charge is 0.484 e. The lowest BCUT2D eigenvalue weighted by Crippen LogP contribution is -2.35. The number of rotatable bonds is 5. The lowest BCUT2D eigenvalue weighted by atomic mass is 9.96. The van der Waals surface area contributed by atoms with Crippen LogP contribution in [0.15, 0.2) is 22.6 Å². The van der Waals surface area contributed by atoms with Crippen LogP contribution in [0, 0.1) is 0 Å². The fraction of sp³-hybridized carbons (Fsp3) is 0.526. The van der Waals surface area contributed by atoms with Gasteiger partial charge in [-0.1, -0.05) is 0 Å². The maximum atomic E-state index is 11.9. The highest BCUT2D eigenvalue weighted by molar-refractivity contribution is 5.84. The Bertz CT molecular complexity index is 730. The maximum absolute atomic E-state index is 11.9. The van der Waals surface area contributed by atoms with Crippen LogP contribution in [0.4, 0.5) is 0 Å². The molecule has 128 valence electrons. The second-order valence-corrected chi connectivity index (χ2v) is 6.60. The average molecular weight is 329 g/mol. The van der Waals surface area contributed by atoms with Crippen molar-refractivity contribution in [1.29, 1.82) is 0 Å². The smallest absolute Gasteiger partial charge is 0.258 e. The van der Waals surface area contributed by atoms with Crippen LogP contribution in [0.25, 0.3) is 11.0 Å². The van der Waals surface area contributed by atoms with Crippen LogP contribution in [-0.4, -0.2) is 31.8 Å². The third kappa shape index (κ3) is 3.26. The van der Waals surface area contributed by atoms with Crippen molar-refractivity contribution in [1.82, 2.24) is 5.32 Å².